The monoisotopic (exact) mass is 328 g/mol. The maximum absolute atomic E-state index is 12.3. The molecule has 0 aromatic heterocycles. The molecular formula is C14H21BrN2O2. The van der Waals surface area contributed by atoms with Crippen molar-refractivity contribution in [2.75, 3.05) is 13.7 Å². The van der Waals surface area contributed by atoms with Crippen LogP contribution in [0.25, 0.3) is 0 Å². The molecular weight excluding hydrogens is 308 g/mol. The first-order chi connectivity index (χ1) is 8.79. The van der Waals surface area contributed by atoms with E-state index in [1.54, 1.807) is 25.3 Å². The first-order valence-electron chi connectivity index (χ1n) is 6.14. The van der Waals surface area contributed by atoms with Crippen molar-refractivity contribution in [1.82, 2.24) is 5.32 Å². The molecule has 0 aliphatic heterocycles. The Morgan fingerprint density at radius 3 is 2.58 bits per heavy atom. The van der Waals surface area contributed by atoms with Gasteiger partial charge in [-0.25, -0.2) is 0 Å². The Hall–Kier alpha value is -1.07. The van der Waals surface area contributed by atoms with Crippen LogP contribution in [0.2, 0.25) is 0 Å². The molecule has 5 heteroatoms. The molecule has 3 N–H and O–H groups in total. The molecule has 0 spiro atoms. The van der Waals surface area contributed by atoms with Gasteiger partial charge in [-0.2, -0.15) is 0 Å². The van der Waals surface area contributed by atoms with Crippen LogP contribution in [0.3, 0.4) is 0 Å². The van der Waals surface area contributed by atoms with Gasteiger partial charge in [0.1, 0.15) is 5.75 Å². The average molecular weight is 329 g/mol. The van der Waals surface area contributed by atoms with Crippen LogP contribution in [0.4, 0.5) is 0 Å². The smallest absolute Gasteiger partial charge is 0.252 e. The maximum Gasteiger partial charge on any atom is 0.252 e. The minimum atomic E-state index is -0.156. The quantitative estimate of drug-likeness (QED) is 0.892. The van der Waals surface area contributed by atoms with Gasteiger partial charge in [-0.3, -0.25) is 4.79 Å². The summed E-state index contributed by atoms with van der Waals surface area (Å²) in [5, 5.41) is 2.97. The fraction of sp³-hybridized carbons (Fsp3) is 0.500. The Bertz CT molecular complexity index is 455. The number of nitrogens with two attached hydrogens (primary N) is 1. The Morgan fingerprint density at radius 1 is 1.47 bits per heavy atom. The Kier molecular flexibility index (Phi) is 5.38. The summed E-state index contributed by atoms with van der Waals surface area (Å²) in [7, 11) is 1.57. The first-order valence-corrected chi connectivity index (χ1v) is 6.93. The Labute approximate surface area is 122 Å². The lowest BCUT2D eigenvalue weighted by molar-refractivity contribution is 0.0904. The third-order valence-electron chi connectivity index (χ3n) is 3.00. The van der Waals surface area contributed by atoms with E-state index >= 15 is 0 Å². The fourth-order valence-electron chi connectivity index (χ4n) is 1.67. The van der Waals surface area contributed by atoms with Crippen LogP contribution in [-0.4, -0.2) is 25.6 Å². The van der Waals surface area contributed by atoms with Crippen LogP contribution in [-0.2, 0) is 0 Å². The molecule has 1 aromatic rings. The topological polar surface area (TPSA) is 64.3 Å². The number of nitrogens with one attached hydrogen (secondary N) is 1. The number of amides is 1. The highest BCUT2D eigenvalue weighted by atomic mass is 79.9. The summed E-state index contributed by atoms with van der Waals surface area (Å²) in [6, 6.07) is 5.21. The van der Waals surface area contributed by atoms with Gasteiger partial charge in [-0.05, 0) is 39.5 Å². The van der Waals surface area contributed by atoms with Gasteiger partial charge in [0, 0.05) is 17.1 Å². The molecule has 0 saturated heterocycles. The van der Waals surface area contributed by atoms with Crippen LogP contribution < -0.4 is 15.8 Å². The third kappa shape index (κ3) is 4.21. The molecule has 0 radical (unpaired) electrons. The van der Waals surface area contributed by atoms with Gasteiger partial charge in [-0.15, -0.1) is 0 Å². The van der Waals surface area contributed by atoms with Crippen LogP contribution in [0.1, 0.15) is 31.1 Å². The van der Waals surface area contributed by atoms with Crippen molar-refractivity contribution in [1.29, 1.82) is 0 Å². The lowest BCUT2D eigenvalue weighted by Gasteiger charge is -2.30. The molecule has 0 bridgehead atoms. The molecule has 4 nitrogen and oxygen atoms in total. The van der Waals surface area contributed by atoms with Gasteiger partial charge >= 0.3 is 0 Å². The third-order valence-corrected chi connectivity index (χ3v) is 3.70. The normalized spacial score (nSPS) is 12.9. The molecule has 0 saturated carbocycles. The van der Waals surface area contributed by atoms with Crippen molar-refractivity contribution in [3.63, 3.8) is 0 Å². The molecule has 1 unspecified atom stereocenters. The molecule has 0 heterocycles. The molecule has 1 atom stereocenters. The SMILES string of the molecule is COc1ccc(Br)c(C(=O)NC(CN)C(C)(C)C)c1. The van der Waals surface area contributed by atoms with Gasteiger partial charge in [0.25, 0.3) is 5.91 Å². The Morgan fingerprint density at radius 2 is 2.11 bits per heavy atom. The number of carbonyl (C=O) groups excluding carboxylic acids is 1. The first kappa shape index (κ1) is 16.0. The second-order valence-electron chi connectivity index (χ2n) is 5.47. The standard InChI is InChI=1S/C14H21BrN2O2/c1-14(2,3)12(8-16)17-13(18)10-7-9(19-4)5-6-11(10)15/h5-7,12H,8,16H2,1-4H3,(H,17,18). The molecule has 0 aliphatic carbocycles. The minimum absolute atomic E-state index is 0.0851. The number of hydrogen-bond acceptors (Lipinski definition) is 3. The predicted molar refractivity (Wildman–Crippen MR) is 80.5 cm³/mol. The summed E-state index contributed by atoms with van der Waals surface area (Å²) < 4.78 is 5.86. The van der Waals surface area contributed by atoms with Crippen molar-refractivity contribution in [3.05, 3.63) is 28.2 Å². The van der Waals surface area contributed by atoms with Crippen molar-refractivity contribution in [2.24, 2.45) is 11.1 Å². The van der Waals surface area contributed by atoms with Crippen molar-refractivity contribution < 1.29 is 9.53 Å². The second kappa shape index (κ2) is 6.39. The fourth-order valence-corrected chi connectivity index (χ4v) is 2.10. The van der Waals surface area contributed by atoms with E-state index in [0.29, 0.717) is 17.9 Å². The number of halogens is 1. The largest absolute Gasteiger partial charge is 0.497 e. The lowest BCUT2D eigenvalue weighted by Crippen LogP contribution is -2.48. The highest BCUT2D eigenvalue weighted by Gasteiger charge is 2.25. The summed E-state index contributed by atoms with van der Waals surface area (Å²) in [6.45, 7) is 6.54. The van der Waals surface area contributed by atoms with Gasteiger partial charge < -0.3 is 15.8 Å². The summed E-state index contributed by atoms with van der Waals surface area (Å²) in [5.74, 6) is 0.490. The van der Waals surface area contributed by atoms with Gasteiger partial charge in [0.05, 0.1) is 12.7 Å². The van der Waals surface area contributed by atoms with E-state index in [0.717, 1.165) is 4.47 Å². The number of benzene rings is 1. The molecule has 19 heavy (non-hydrogen) atoms. The van der Waals surface area contributed by atoms with E-state index in [-0.39, 0.29) is 17.4 Å². The van der Waals surface area contributed by atoms with Crippen LogP contribution >= 0.6 is 15.9 Å². The highest BCUT2D eigenvalue weighted by Crippen LogP contribution is 2.24. The molecule has 0 fully saturated rings. The second-order valence-corrected chi connectivity index (χ2v) is 6.33. The Balaban J connectivity index is 2.94. The van der Waals surface area contributed by atoms with Crippen molar-refractivity contribution in [3.8, 4) is 5.75 Å². The number of methoxy groups -OCH3 is 1. The predicted octanol–water partition coefficient (Wildman–Crippen LogP) is 2.56. The van der Waals surface area contributed by atoms with E-state index in [1.807, 2.05) is 20.8 Å². The van der Waals surface area contributed by atoms with Crippen LogP contribution in [0.5, 0.6) is 5.75 Å². The van der Waals surface area contributed by atoms with E-state index in [9.17, 15) is 4.79 Å². The van der Waals surface area contributed by atoms with E-state index in [1.165, 1.54) is 0 Å². The summed E-state index contributed by atoms with van der Waals surface area (Å²) >= 11 is 3.37. The molecule has 0 aliphatic rings. The number of rotatable bonds is 4. The minimum Gasteiger partial charge on any atom is -0.497 e. The summed E-state index contributed by atoms with van der Waals surface area (Å²) in [5.41, 5.74) is 6.18. The molecule has 1 aromatic carbocycles. The molecule has 106 valence electrons. The van der Waals surface area contributed by atoms with Gasteiger partial charge in [-0.1, -0.05) is 20.8 Å². The van der Waals surface area contributed by atoms with Crippen molar-refractivity contribution in [2.45, 2.75) is 26.8 Å². The van der Waals surface area contributed by atoms with Crippen LogP contribution in [0.15, 0.2) is 22.7 Å². The summed E-state index contributed by atoms with van der Waals surface area (Å²) in [6.07, 6.45) is 0. The summed E-state index contributed by atoms with van der Waals surface area (Å²) in [4.78, 5) is 12.3. The highest BCUT2D eigenvalue weighted by molar-refractivity contribution is 9.10. The van der Waals surface area contributed by atoms with Gasteiger partial charge in [0.15, 0.2) is 0 Å². The number of hydrogen-bond donors (Lipinski definition) is 2. The number of ether oxygens (including phenoxy) is 1. The zero-order chi connectivity index (χ0) is 14.6. The zero-order valence-electron chi connectivity index (χ0n) is 11.8. The van der Waals surface area contributed by atoms with E-state index in [2.05, 4.69) is 21.2 Å². The van der Waals surface area contributed by atoms with E-state index in [4.69, 9.17) is 10.5 Å². The molecule has 1 amide bonds. The molecule has 1 rings (SSSR count). The zero-order valence-corrected chi connectivity index (χ0v) is 13.4. The number of carbonyl (C=O) groups is 1. The van der Waals surface area contributed by atoms with Gasteiger partial charge in [0.2, 0.25) is 0 Å². The van der Waals surface area contributed by atoms with Crippen molar-refractivity contribution >= 4 is 21.8 Å². The average Bonchev–Trinajstić information content (AvgIpc) is 2.34. The lowest BCUT2D eigenvalue weighted by atomic mass is 9.86. The maximum atomic E-state index is 12.3. The van der Waals surface area contributed by atoms with Crippen LogP contribution in [0, 0.1) is 5.41 Å². The van der Waals surface area contributed by atoms with E-state index < -0.39 is 0 Å².